The summed E-state index contributed by atoms with van der Waals surface area (Å²) in [6.45, 7) is 2.62. The molecule has 0 spiro atoms. The number of rotatable bonds is 4. The fourth-order valence-corrected chi connectivity index (χ4v) is 2.17. The van der Waals surface area contributed by atoms with Crippen LogP contribution >= 0.6 is 0 Å². The van der Waals surface area contributed by atoms with Crippen LogP contribution in [0.15, 0.2) is 42.7 Å². The van der Waals surface area contributed by atoms with Gasteiger partial charge in [-0.05, 0) is 18.6 Å². The molecule has 0 aliphatic heterocycles. The molecule has 0 saturated heterocycles. The Morgan fingerprint density at radius 2 is 2.04 bits per heavy atom. The number of aromatic hydroxyl groups is 1. The SMILES string of the molecule is Cc1ccc(Cn2cc(-c3cnc(C(N)=O)c(O)c3)nn2)cc1. The minimum absolute atomic E-state index is 0.166. The van der Waals surface area contributed by atoms with E-state index in [0.717, 1.165) is 5.56 Å². The van der Waals surface area contributed by atoms with Gasteiger partial charge in [0.1, 0.15) is 11.4 Å². The van der Waals surface area contributed by atoms with Crippen LogP contribution in [0.2, 0.25) is 0 Å². The second-order valence-electron chi connectivity index (χ2n) is 5.24. The molecule has 2 heterocycles. The lowest BCUT2D eigenvalue weighted by atomic mass is 10.1. The highest BCUT2D eigenvalue weighted by atomic mass is 16.3. The van der Waals surface area contributed by atoms with Crippen LogP contribution in [-0.4, -0.2) is 31.0 Å². The highest BCUT2D eigenvalue weighted by Gasteiger charge is 2.12. The van der Waals surface area contributed by atoms with Gasteiger partial charge in [0.2, 0.25) is 0 Å². The number of nitrogens with zero attached hydrogens (tertiary/aromatic N) is 4. The van der Waals surface area contributed by atoms with Crippen molar-refractivity contribution in [3.05, 3.63) is 59.5 Å². The lowest BCUT2D eigenvalue weighted by Gasteiger charge is -2.02. The second-order valence-corrected chi connectivity index (χ2v) is 5.24. The third kappa shape index (κ3) is 3.18. The molecule has 0 aliphatic rings. The molecule has 3 aromatic rings. The van der Waals surface area contributed by atoms with Crippen molar-refractivity contribution in [3.63, 3.8) is 0 Å². The summed E-state index contributed by atoms with van der Waals surface area (Å²) >= 11 is 0. The summed E-state index contributed by atoms with van der Waals surface area (Å²) in [5.41, 5.74) is 8.36. The Kier molecular flexibility index (Phi) is 3.76. The Balaban J connectivity index is 1.83. The Morgan fingerprint density at radius 1 is 1.30 bits per heavy atom. The summed E-state index contributed by atoms with van der Waals surface area (Å²) in [4.78, 5) is 14.9. The normalized spacial score (nSPS) is 10.7. The van der Waals surface area contributed by atoms with Crippen LogP contribution < -0.4 is 5.73 Å². The number of hydrogen-bond acceptors (Lipinski definition) is 5. The predicted octanol–water partition coefficient (Wildman–Crippen LogP) is 1.50. The molecule has 0 fully saturated rings. The zero-order chi connectivity index (χ0) is 16.4. The van der Waals surface area contributed by atoms with Gasteiger partial charge in [-0.3, -0.25) is 4.79 Å². The molecule has 2 aromatic heterocycles. The molecule has 0 unspecified atom stereocenters. The highest BCUT2D eigenvalue weighted by molar-refractivity contribution is 5.93. The quantitative estimate of drug-likeness (QED) is 0.759. The molecule has 0 radical (unpaired) electrons. The van der Waals surface area contributed by atoms with Crippen molar-refractivity contribution in [2.75, 3.05) is 0 Å². The van der Waals surface area contributed by atoms with Gasteiger partial charge in [0, 0.05) is 11.8 Å². The molecule has 0 aliphatic carbocycles. The van der Waals surface area contributed by atoms with E-state index in [9.17, 15) is 9.90 Å². The number of pyridine rings is 1. The molecule has 0 bridgehead atoms. The smallest absolute Gasteiger partial charge is 0.271 e. The number of nitrogens with two attached hydrogens (primary N) is 1. The number of carbonyl (C=O) groups excluding carboxylic acids is 1. The maximum Gasteiger partial charge on any atom is 0.271 e. The minimum atomic E-state index is -0.780. The molecule has 0 atom stereocenters. The van der Waals surface area contributed by atoms with Gasteiger partial charge >= 0.3 is 0 Å². The Bertz CT molecular complexity index is 855. The van der Waals surface area contributed by atoms with Crippen molar-refractivity contribution in [3.8, 4) is 17.0 Å². The van der Waals surface area contributed by atoms with Crippen LogP contribution in [0.1, 0.15) is 21.6 Å². The number of aromatic nitrogens is 4. The summed E-state index contributed by atoms with van der Waals surface area (Å²) < 4.78 is 1.69. The van der Waals surface area contributed by atoms with Crippen molar-refractivity contribution in [2.24, 2.45) is 5.73 Å². The van der Waals surface area contributed by atoms with Gasteiger partial charge < -0.3 is 10.8 Å². The lowest BCUT2D eigenvalue weighted by molar-refractivity contribution is 0.0993. The monoisotopic (exact) mass is 309 g/mol. The Morgan fingerprint density at radius 3 is 2.70 bits per heavy atom. The Hall–Kier alpha value is -3.22. The number of benzene rings is 1. The summed E-state index contributed by atoms with van der Waals surface area (Å²) in [5.74, 6) is -1.06. The van der Waals surface area contributed by atoms with Gasteiger partial charge in [0.15, 0.2) is 5.69 Å². The fraction of sp³-hybridized carbons (Fsp3) is 0.125. The zero-order valence-electron chi connectivity index (χ0n) is 12.5. The largest absolute Gasteiger partial charge is 0.505 e. The average Bonchev–Trinajstić information content (AvgIpc) is 2.97. The highest BCUT2D eigenvalue weighted by Crippen LogP contribution is 2.22. The maximum absolute atomic E-state index is 11.1. The first-order valence-electron chi connectivity index (χ1n) is 6.98. The topological polar surface area (TPSA) is 107 Å². The van der Waals surface area contributed by atoms with Gasteiger partial charge in [-0.25, -0.2) is 9.67 Å². The van der Waals surface area contributed by atoms with E-state index < -0.39 is 5.91 Å². The number of aryl methyl sites for hydroxylation is 1. The lowest BCUT2D eigenvalue weighted by Crippen LogP contribution is -2.13. The van der Waals surface area contributed by atoms with Crippen molar-refractivity contribution in [2.45, 2.75) is 13.5 Å². The van der Waals surface area contributed by atoms with Crippen LogP contribution in [0, 0.1) is 6.92 Å². The first-order valence-corrected chi connectivity index (χ1v) is 6.98. The summed E-state index contributed by atoms with van der Waals surface area (Å²) in [6.07, 6.45) is 3.18. The third-order valence-corrected chi connectivity index (χ3v) is 3.40. The van der Waals surface area contributed by atoms with Crippen LogP contribution in [0.4, 0.5) is 0 Å². The van der Waals surface area contributed by atoms with E-state index >= 15 is 0 Å². The molecule has 3 N–H and O–H groups in total. The van der Waals surface area contributed by atoms with Crippen LogP contribution in [0.25, 0.3) is 11.3 Å². The molecule has 23 heavy (non-hydrogen) atoms. The van der Waals surface area contributed by atoms with Crippen molar-refractivity contribution in [1.82, 2.24) is 20.0 Å². The predicted molar refractivity (Wildman–Crippen MR) is 83.7 cm³/mol. The first kappa shape index (κ1) is 14.7. The summed E-state index contributed by atoms with van der Waals surface area (Å²) in [6, 6.07) is 9.54. The molecule has 116 valence electrons. The van der Waals surface area contributed by atoms with Crippen molar-refractivity contribution < 1.29 is 9.90 Å². The van der Waals surface area contributed by atoms with Gasteiger partial charge in [-0.2, -0.15) is 0 Å². The molecule has 1 aromatic carbocycles. The van der Waals surface area contributed by atoms with E-state index in [-0.39, 0.29) is 11.4 Å². The van der Waals surface area contributed by atoms with Crippen LogP contribution in [0.5, 0.6) is 5.75 Å². The van der Waals surface area contributed by atoms with E-state index in [2.05, 4.69) is 15.3 Å². The number of amides is 1. The molecule has 0 saturated carbocycles. The molecular formula is C16H15N5O2. The van der Waals surface area contributed by atoms with E-state index in [1.54, 1.807) is 10.9 Å². The molecule has 7 nitrogen and oxygen atoms in total. The van der Waals surface area contributed by atoms with E-state index in [0.29, 0.717) is 17.8 Å². The molecule has 1 amide bonds. The van der Waals surface area contributed by atoms with Gasteiger partial charge in [-0.1, -0.05) is 35.0 Å². The van der Waals surface area contributed by atoms with E-state index in [1.807, 2.05) is 31.2 Å². The van der Waals surface area contributed by atoms with Crippen molar-refractivity contribution in [1.29, 1.82) is 0 Å². The van der Waals surface area contributed by atoms with Crippen LogP contribution in [0.3, 0.4) is 0 Å². The van der Waals surface area contributed by atoms with E-state index in [4.69, 9.17) is 5.73 Å². The molecular weight excluding hydrogens is 294 g/mol. The van der Waals surface area contributed by atoms with Gasteiger partial charge in [-0.15, -0.1) is 5.10 Å². The van der Waals surface area contributed by atoms with Crippen molar-refractivity contribution >= 4 is 5.91 Å². The standard InChI is InChI=1S/C16H15N5O2/c1-10-2-4-11(5-3-10)8-21-9-13(19-20-21)12-6-14(22)15(16(17)23)18-7-12/h2-7,9,22H,8H2,1H3,(H2,17,23). The molecule has 3 rings (SSSR count). The fourth-order valence-electron chi connectivity index (χ4n) is 2.17. The number of carbonyl (C=O) groups is 1. The minimum Gasteiger partial charge on any atom is -0.505 e. The summed E-state index contributed by atoms with van der Waals surface area (Å²) in [5, 5.41) is 17.9. The third-order valence-electron chi connectivity index (χ3n) is 3.40. The number of primary amides is 1. The second kappa shape index (κ2) is 5.88. The maximum atomic E-state index is 11.1. The van der Waals surface area contributed by atoms with Gasteiger partial charge in [0.05, 0.1) is 12.7 Å². The zero-order valence-corrected chi connectivity index (χ0v) is 12.5. The van der Waals surface area contributed by atoms with Crippen LogP contribution in [-0.2, 0) is 6.54 Å². The van der Waals surface area contributed by atoms with Gasteiger partial charge in [0.25, 0.3) is 5.91 Å². The first-order chi connectivity index (χ1) is 11.0. The molecule has 7 heteroatoms. The number of hydrogen-bond donors (Lipinski definition) is 2. The average molecular weight is 309 g/mol. The van der Waals surface area contributed by atoms with E-state index in [1.165, 1.54) is 17.8 Å². The Labute approximate surface area is 132 Å². The summed E-state index contributed by atoms with van der Waals surface area (Å²) in [7, 11) is 0.